The van der Waals surface area contributed by atoms with E-state index in [9.17, 15) is 14.9 Å². The number of rotatable bonds is 7. The second-order valence-corrected chi connectivity index (χ2v) is 5.34. The van der Waals surface area contributed by atoms with Crippen LogP contribution in [0.25, 0.3) is 0 Å². The first-order valence-corrected chi connectivity index (χ1v) is 7.13. The van der Waals surface area contributed by atoms with Crippen LogP contribution in [0.2, 0.25) is 10.0 Å². The minimum Gasteiger partial charge on any atom is -0.396 e. The summed E-state index contributed by atoms with van der Waals surface area (Å²) in [6, 6.07) is 2.24. The van der Waals surface area contributed by atoms with Crippen LogP contribution in [-0.4, -0.2) is 41.0 Å². The molecule has 8 heteroatoms. The van der Waals surface area contributed by atoms with Crippen molar-refractivity contribution in [1.29, 1.82) is 0 Å². The highest BCUT2D eigenvalue weighted by Gasteiger charge is 2.21. The molecule has 0 aromatic heterocycles. The number of halogens is 2. The van der Waals surface area contributed by atoms with Gasteiger partial charge in [0.15, 0.2) is 0 Å². The summed E-state index contributed by atoms with van der Waals surface area (Å²) in [6.07, 6.45) is 2.19. The maximum absolute atomic E-state index is 12.3. The number of benzene rings is 1. The summed E-state index contributed by atoms with van der Waals surface area (Å²) in [6.45, 7) is 0.583. The number of aliphatic hydroxyl groups is 1. The molecule has 1 rings (SSSR count). The molecule has 116 valence electrons. The van der Waals surface area contributed by atoms with E-state index in [4.69, 9.17) is 28.3 Å². The fourth-order valence-electron chi connectivity index (χ4n) is 1.78. The first-order valence-electron chi connectivity index (χ1n) is 6.38. The van der Waals surface area contributed by atoms with E-state index < -0.39 is 10.8 Å². The Hall–Kier alpha value is -1.37. The lowest BCUT2D eigenvalue weighted by atomic mass is 10.1. The number of carbonyl (C=O) groups excluding carboxylic acids is 1. The van der Waals surface area contributed by atoms with Crippen molar-refractivity contribution >= 4 is 34.8 Å². The molecule has 0 unspecified atom stereocenters. The van der Waals surface area contributed by atoms with E-state index in [1.54, 1.807) is 7.05 Å². The van der Waals surface area contributed by atoms with Gasteiger partial charge in [0, 0.05) is 32.3 Å². The van der Waals surface area contributed by atoms with E-state index >= 15 is 0 Å². The Kier molecular flexibility index (Phi) is 6.87. The lowest BCUT2D eigenvalue weighted by Gasteiger charge is -2.18. The van der Waals surface area contributed by atoms with Gasteiger partial charge in [0.25, 0.3) is 11.6 Å². The highest BCUT2D eigenvalue weighted by molar-refractivity contribution is 6.44. The van der Waals surface area contributed by atoms with Gasteiger partial charge in [-0.05, 0) is 19.3 Å². The summed E-state index contributed by atoms with van der Waals surface area (Å²) < 4.78 is 0. The summed E-state index contributed by atoms with van der Waals surface area (Å²) in [7, 11) is 1.59. The van der Waals surface area contributed by atoms with Crippen LogP contribution in [0.15, 0.2) is 12.1 Å². The number of unbranched alkanes of at least 4 members (excludes halogenated alkanes) is 2. The maximum atomic E-state index is 12.3. The standard InChI is InChI=1S/C13H16Cl2N2O4/c1-16(5-3-2-4-6-18)13(19)10-7-9(17(20)21)8-11(14)12(10)15/h7-8,18H,2-6H2,1H3. The Bertz CT molecular complexity index is 537. The molecular formula is C13H16Cl2N2O4. The molecule has 21 heavy (non-hydrogen) atoms. The van der Waals surface area contributed by atoms with E-state index in [2.05, 4.69) is 0 Å². The molecule has 0 saturated carbocycles. The molecule has 0 fully saturated rings. The quantitative estimate of drug-likeness (QED) is 0.471. The number of hydrogen-bond donors (Lipinski definition) is 1. The van der Waals surface area contributed by atoms with Gasteiger partial charge in [-0.1, -0.05) is 23.2 Å². The van der Waals surface area contributed by atoms with Crippen LogP contribution in [-0.2, 0) is 0 Å². The van der Waals surface area contributed by atoms with Gasteiger partial charge in [-0.25, -0.2) is 0 Å². The van der Waals surface area contributed by atoms with Crippen LogP contribution in [0.5, 0.6) is 0 Å². The average Bonchev–Trinajstić information content (AvgIpc) is 2.45. The highest BCUT2D eigenvalue weighted by atomic mass is 35.5. The Morgan fingerprint density at radius 1 is 1.33 bits per heavy atom. The van der Waals surface area contributed by atoms with Crippen molar-refractivity contribution in [3.63, 3.8) is 0 Å². The molecule has 0 bridgehead atoms. The van der Waals surface area contributed by atoms with Crippen molar-refractivity contribution in [2.45, 2.75) is 19.3 Å². The fraction of sp³-hybridized carbons (Fsp3) is 0.462. The Morgan fingerprint density at radius 2 is 2.00 bits per heavy atom. The molecule has 6 nitrogen and oxygen atoms in total. The molecule has 1 N–H and O–H groups in total. The normalized spacial score (nSPS) is 10.5. The summed E-state index contributed by atoms with van der Waals surface area (Å²) in [5.41, 5.74) is -0.262. The second-order valence-electron chi connectivity index (χ2n) is 4.56. The summed E-state index contributed by atoms with van der Waals surface area (Å²) in [4.78, 5) is 23.9. The van der Waals surface area contributed by atoms with Gasteiger partial charge in [-0.3, -0.25) is 14.9 Å². The number of nitrogens with zero attached hydrogens (tertiary/aromatic N) is 2. The molecule has 0 saturated heterocycles. The Labute approximate surface area is 132 Å². The van der Waals surface area contributed by atoms with Gasteiger partial charge in [0.05, 0.1) is 20.5 Å². The molecule has 0 aliphatic rings. The first-order chi connectivity index (χ1) is 9.88. The van der Waals surface area contributed by atoms with Gasteiger partial charge < -0.3 is 10.0 Å². The van der Waals surface area contributed by atoms with Crippen molar-refractivity contribution in [3.05, 3.63) is 37.9 Å². The van der Waals surface area contributed by atoms with Crippen molar-refractivity contribution in [2.24, 2.45) is 0 Å². The van der Waals surface area contributed by atoms with Crippen LogP contribution in [0.4, 0.5) is 5.69 Å². The van der Waals surface area contributed by atoms with Crippen LogP contribution in [0.1, 0.15) is 29.6 Å². The number of carbonyl (C=O) groups is 1. The molecule has 0 spiro atoms. The molecule has 1 aromatic carbocycles. The number of nitro benzene ring substituents is 1. The van der Waals surface area contributed by atoms with Crippen LogP contribution in [0.3, 0.4) is 0 Å². The Morgan fingerprint density at radius 3 is 2.57 bits per heavy atom. The lowest BCUT2D eigenvalue weighted by molar-refractivity contribution is -0.384. The van der Waals surface area contributed by atoms with E-state index in [-0.39, 0.29) is 27.9 Å². The summed E-state index contributed by atoms with van der Waals surface area (Å²) in [5.74, 6) is -0.422. The topological polar surface area (TPSA) is 83.7 Å². The van der Waals surface area contributed by atoms with E-state index in [1.807, 2.05) is 0 Å². The number of nitro groups is 1. The molecule has 0 radical (unpaired) electrons. The Balaban J connectivity index is 2.88. The predicted octanol–water partition coefficient (Wildman–Crippen LogP) is 3.14. The monoisotopic (exact) mass is 334 g/mol. The predicted molar refractivity (Wildman–Crippen MR) is 81.0 cm³/mol. The number of hydrogen-bond acceptors (Lipinski definition) is 4. The molecule has 1 amide bonds. The van der Waals surface area contributed by atoms with Crippen molar-refractivity contribution < 1.29 is 14.8 Å². The van der Waals surface area contributed by atoms with Gasteiger partial charge >= 0.3 is 0 Å². The largest absolute Gasteiger partial charge is 0.396 e. The molecule has 1 aromatic rings. The fourth-order valence-corrected chi connectivity index (χ4v) is 2.18. The smallest absolute Gasteiger partial charge is 0.271 e. The SMILES string of the molecule is CN(CCCCCO)C(=O)c1cc([N+](=O)[O-])cc(Cl)c1Cl. The zero-order valence-corrected chi connectivity index (χ0v) is 13.0. The molecule has 0 atom stereocenters. The van der Waals surface area contributed by atoms with Crippen molar-refractivity contribution in [3.8, 4) is 0 Å². The average molecular weight is 335 g/mol. The van der Waals surface area contributed by atoms with Crippen LogP contribution < -0.4 is 0 Å². The molecular weight excluding hydrogens is 319 g/mol. The third-order valence-electron chi connectivity index (χ3n) is 2.95. The third kappa shape index (κ3) is 4.84. The maximum Gasteiger partial charge on any atom is 0.271 e. The lowest BCUT2D eigenvalue weighted by Crippen LogP contribution is -2.28. The van der Waals surface area contributed by atoms with Gasteiger partial charge in [-0.2, -0.15) is 0 Å². The number of aliphatic hydroxyl groups excluding tert-OH is 1. The minimum atomic E-state index is -0.625. The van der Waals surface area contributed by atoms with Crippen molar-refractivity contribution in [2.75, 3.05) is 20.2 Å². The van der Waals surface area contributed by atoms with Crippen molar-refractivity contribution in [1.82, 2.24) is 4.90 Å². The first kappa shape index (κ1) is 17.7. The second kappa shape index (κ2) is 8.17. The van der Waals surface area contributed by atoms with Gasteiger partial charge in [0.1, 0.15) is 0 Å². The van der Waals surface area contributed by atoms with Gasteiger partial charge in [0.2, 0.25) is 0 Å². The molecule has 0 heterocycles. The van der Waals surface area contributed by atoms with E-state index in [1.165, 1.54) is 4.90 Å². The molecule has 0 aliphatic heterocycles. The summed E-state index contributed by atoms with van der Waals surface area (Å²) in [5, 5.41) is 19.5. The number of non-ortho nitro benzene ring substituents is 1. The van der Waals surface area contributed by atoms with E-state index in [0.29, 0.717) is 13.0 Å². The van der Waals surface area contributed by atoms with Gasteiger partial charge in [-0.15, -0.1) is 0 Å². The highest BCUT2D eigenvalue weighted by Crippen LogP contribution is 2.31. The molecule has 0 aliphatic carbocycles. The number of amides is 1. The van der Waals surface area contributed by atoms with Crippen LogP contribution in [0, 0.1) is 10.1 Å². The third-order valence-corrected chi connectivity index (χ3v) is 3.75. The summed E-state index contributed by atoms with van der Waals surface area (Å²) >= 11 is 11.8. The van der Waals surface area contributed by atoms with Crippen LogP contribution >= 0.6 is 23.2 Å². The minimum absolute atomic E-state index is 0.00877. The zero-order chi connectivity index (χ0) is 16.0. The zero-order valence-electron chi connectivity index (χ0n) is 11.5. The van der Waals surface area contributed by atoms with E-state index in [0.717, 1.165) is 25.0 Å².